The van der Waals surface area contributed by atoms with E-state index in [-0.39, 0.29) is 24.2 Å². The molecule has 2 aromatic rings. The van der Waals surface area contributed by atoms with Crippen LogP contribution in [0, 0.1) is 0 Å². The largest absolute Gasteiger partial charge is 0.352 e. The molecule has 7 nitrogen and oxygen atoms in total. The fraction of sp³-hybridized carbons (Fsp3) is 0.391. The molecular formula is C23H29Cl2N3O4S. The summed E-state index contributed by atoms with van der Waals surface area (Å²) in [4.78, 5) is 27.6. The highest BCUT2D eigenvalue weighted by Gasteiger charge is 2.30. The summed E-state index contributed by atoms with van der Waals surface area (Å²) < 4.78 is 26.0. The minimum Gasteiger partial charge on any atom is -0.352 e. The zero-order chi connectivity index (χ0) is 24.8. The van der Waals surface area contributed by atoms with E-state index >= 15 is 0 Å². The number of anilines is 1. The third kappa shape index (κ3) is 7.91. The van der Waals surface area contributed by atoms with Gasteiger partial charge in [-0.05, 0) is 56.2 Å². The van der Waals surface area contributed by atoms with Gasteiger partial charge in [-0.3, -0.25) is 13.9 Å². The summed E-state index contributed by atoms with van der Waals surface area (Å²) in [5.74, 6) is -0.861. The lowest BCUT2D eigenvalue weighted by Crippen LogP contribution is -2.52. The lowest BCUT2D eigenvalue weighted by molar-refractivity contribution is -0.139. The summed E-state index contributed by atoms with van der Waals surface area (Å²) in [6.45, 7) is 5.03. The van der Waals surface area contributed by atoms with Crippen molar-refractivity contribution in [1.29, 1.82) is 0 Å². The lowest BCUT2D eigenvalue weighted by Gasteiger charge is -2.32. The number of halogens is 2. The monoisotopic (exact) mass is 513 g/mol. The normalized spacial score (nSPS) is 13.2. The Morgan fingerprint density at radius 3 is 2.18 bits per heavy atom. The molecule has 0 aliphatic carbocycles. The van der Waals surface area contributed by atoms with Crippen LogP contribution in [-0.4, -0.2) is 50.0 Å². The quantitative estimate of drug-likeness (QED) is 0.518. The highest BCUT2D eigenvalue weighted by molar-refractivity contribution is 7.92. The average molecular weight is 514 g/mol. The maximum Gasteiger partial charge on any atom is 0.244 e. The van der Waals surface area contributed by atoms with E-state index in [9.17, 15) is 18.0 Å². The van der Waals surface area contributed by atoms with Gasteiger partial charge >= 0.3 is 0 Å². The van der Waals surface area contributed by atoms with Gasteiger partial charge in [0, 0.05) is 22.6 Å². The van der Waals surface area contributed by atoms with Gasteiger partial charge in [-0.15, -0.1) is 0 Å². The fourth-order valence-electron chi connectivity index (χ4n) is 3.13. The SMILES string of the molecule is CCC(C)NC(=O)C(C)N(Cc1cccc(Cl)c1)C(=O)CN(c1cccc(Cl)c1)S(C)(=O)=O. The number of amides is 2. The van der Waals surface area contributed by atoms with Gasteiger partial charge in [0.15, 0.2) is 0 Å². The number of benzene rings is 2. The second-order valence-corrected chi connectivity index (χ2v) is 10.7. The summed E-state index contributed by atoms with van der Waals surface area (Å²) in [5.41, 5.74) is 0.977. The molecule has 10 heteroatoms. The molecule has 33 heavy (non-hydrogen) atoms. The molecule has 0 saturated carbocycles. The first-order valence-electron chi connectivity index (χ1n) is 10.5. The van der Waals surface area contributed by atoms with Crippen LogP contribution in [0.25, 0.3) is 0 Å². The molecule has 0 radical (unpaired) electrons. The first kappa shape index (κ1) is 27.0. The van der Waals surface area contributed by atoms with Crippen molar-refractivity contribution in [3.63, 3.8) is 0 Å². The number of nitrogens with one attached hydrogen (secondary N) is 1. The number of hydrogen-bond acceptors (Lipinski definition) is 4. The Kier molecular flexibility index (Phi) is 9.57. The van der Waals surface area contributed by atoms with Crippen LogP contribution in [-0.2, 0) is 26.2 Å². The minimum absolute atomic E-state index is 0.0675. The van der Waals surface area contributed by atoms with E-state index in [0.29, 0.717) is 15.6 Å². The fourth-order valence-corrected chi connectivity index (χ4v) is 4.36. The molecule has 0 aliphatic heterocycles. The first-order chi connectivity index (χ1) is 15.4. The Bertz CT molecular complexity index is 1090. The average Bonchev–Trinajstić information content (AvgIpc) is 2.74. The lowest BCUT2D eigenvalue weighted by atomic mass is 10.1. The maximum absolute atomic E-state index is 13.4. The molecule has 0 bridgehead atoms. The number of hydrogen-bond donors (Lipinski definition) is 1. The van der Waals surface area contributed by atoms with E-state index in [1.54, 1.807) is 49.4 Å². The molecule has 0 fully saturated rings. The summed E-state index contributed by atoms with van der Waals surface area (Å²) in [7, 11) is -3.81. The van der Waals surface area contributed by atoms with Crippen molar-refractivity contribution in [1.82, 2.24) is 10.2 Å². The minimum atomic E-state index is -3.81. The number of rotatable bonds is 10. The summed E-state index contributed by atoms with van der Waals surface area (Å²) in [5, 5.41) is 3.71. The van der Waals surface area contributed by atoms with Crippen LogP contribution < -0.4 is 9.62 Å². The Morgan fingerprint density at radius 2 is 1.64 bits per heavy atom. The van der Waals surface area contributed by atoms with Crippen LogP contribution in [0.15, 0.2) is 48.5 Å². The first-order valence-corrected chi connectivity index (χ1v) is 13.1. The molecule has 2 aromatic carbocycles. The van der Waals surface area contributed by atoms with E-state index in [4.69, 9.17) is 23.2 Å². The van der Waals surface area contributed by atoms with Gasteiger partial charge in [-0.25, -0.2) is 8.42 Å². The van der Waals surface area contributed by atoms with E-state index in [1.165, 1.54) is 11.0 Å². The Labute approximate surface area is 205 Å². The van der Waals surface area contributed by atoms with Gasteiger partial charge in [0.05, 0.1) is 11.9 Å². The number of sulfonamides is 1. The molecule has 0 heterocycles. The third-order valence-corrected chi connectivity index (χ3v) is 6.80. The van der Waals surface area contributed by atoms with E-state index < -0.39 is 28.5 Å². The van der Waals surface area contributed by atoms with Crippen molar-refractivity contribution < 1.29 is 18.0 Å². The number of carbonyl (C=O) groups is 2. The number of carbonyl (C=O) groups excluding carboxylic acids is 2. The molecular weight excluding hydrogens is 485 g/mol. The highest BCUT2D eigenvalue weighted by atomic mass is 35.5. The second-order valence-electron chi connectivity index (χ2n) is 7.89. The van der Waals surface area contributed by atoms with Crippen LogP contribution in [0.3, 0.4) is 0 Å². The van der Waals surface area contributed by atoms with E-state index in [1.807, 2.05) is 13.8 Å². The van der Waals surface area contributed by atoms with Gasteiger partial charge in [0.2, 0.25) is 21.8 Å². The van der Waals surface area contributed by atoms with Crippen molar-refractivity contribution >= 4 is 50.7 Å². The van der Waals surface area contributed by atoms with Crippen LogP contribution in [0.1, 0.15) is 32.8 Å². The molecule has 2 rings (SSSR count). The predicted octanol–water partition coefficient (Wildman–Crippen LogP) is 4.09. The van der Waals surface area contributed by atoms with Crippen LogP contribution in [0.2, 0.25) is 10.0 Å². The Hall–Kier alpha value is -2.29. The molecule has 0 saturated heterocycles. The van der Waals surface area contributed by atoms with Crippen LogP contribution in [0.5, 0.6) is 0 Å². The second kappa shape index (κ2) is 11.7. The number of nitrogens with zero attached hydrogens (tertiary/aromatic N) is 2. The molecule has 180 valence electrons. The zero-order valence-corrected chi connectivity index (χ0v) is 21.4. The van der Waals surface area contributed by atoms with E-state index in [2.05, 4.69) is 5.32 Å². The van der Waals surface area contributed by atoms with Gasteiger partial charge in [-0.1, -0.05) is 48.3 Å². The van der Waals surface area contributed by atoms with Gasteiger partial charge in [-0.2, -0.15) is 0 Å². The topological polar surface area (TPSA) is 86.8 Å². The van der Waals surface area contributed by atoms with Crippen molar-refractivity contribution in [3.05, 3.63) is 64.1 Å². The molecule has 2 atom stereocenters. The smallest absolute Gasteiger partial charge is 0.244 e. The predicted molar refractivity (Wildman–Crippen MR) is 133 cm³/mol. The van der Waals surface area contributed by atoms with Gasteiger partial charge in [0.1, 0.15) is 12.6 Å². The Morgan fingerprint density at radius 1 is 1.03 bits per heavy atom. The highest BCUT2D eigenvalue weighted by Crippen LogP contribution is 2.23. The van der Waals surface area contributed by atoms with Crippen molar-refractivity contribution in [2.24, 2.45) is 0 Å². The zero-order valence-electron chi connectivity index (χ0n) is 19.1. The molecule has 2 unspecified atom stereocenters. The molecule has 2 amide bonds. The summed E-state index contributed by atoms with van der Waals surface area (Å²) in [6.07, 6.45) is 1.75. The third-order valence-electron chi connectivity index (χ3n) is 5.19. The molecule has 0 spiro atoms. The van der Waals surface area contributed by atoms with Crippen molar-refractivity contribution in [3.8, 4) is 0 Å². The molecule has 0 aliphatic rings. The standard InChI is InChI=1S/C23H29Cl2N3O4S/c1-5-16(2)26-23(30)17(3)27(14-18-8-6-9-19(24)12-18)22(29)15-28(33(4,31)32)21-11-7-10-20(25)13-21/h6-13,16-17H,5,14-15H2,1-4H3,(H,26,30). The Balaban J connectivity index is 2.38. The van der Waals surface area contributed by atoms with Crippen molar-refractivity contribution in [2.75, 3.05) is 17.1 Å². The molecule has 1 N–H and O–H groups in total. The van der Waals surface area contributed by atoms with Crippen LogP contribution >= 0.6 is 23.2 Å². The maximum atomic E-state index is 13.4. The van der Waals surface area contributed by atoms with Crippen LogP contribution in [0.4, 0.5) is 5.69 Å². The molecule has 0 aromatic heterocycles. The van der Waals surface area contributed by atoms with Gasteiger partial charge in [0.25, 0.3) is 0 Å². The summed E-state index contributed by atoms with van der Waals surface area (Å²) >= 11 is 12.1. The summed E-state index contributed by atoms with van der Waals surface area (Å²) in [6, 6.07) is 12.3. The van der Waals surface area contributed by atoms with E-state index in [0.717, 1.165) is 17.0 Å². The van der Waals surface area contributed by atoms with Crippen molar-refractivity contribution in [2.45, 2.75) is 45.8 Å². The van der Waals surface area contributed by atoms with Gasteiger partial charge < -0.3 is 10.2 Å².